The molecule has 142 valence electrons. The second-order valence-corrected chi connectivity index (χ2v) is 6.75. The summed E-state index contributed by atoms with van der Waals surface area (Å²) >= 11 is 0. The van der Waals surface area contributed by atoms with Gasteiger partial charge in [-0.1, -0.05) is 18.2 Å². The number of benzene rings is 2. The van der Waals surface area contributed by atoms with E-state index in [-0.39, 0.29) is 23.2 Å². The minimum atomic E-state index is -0.977. The second-order valence-electron chi connectivity index (χ2n) is 6.75. The van der Waals surface area contributed by atoms with Gasteiger partial charge in [-0.25, -0.2) is 8.78 Å². The Balaban J connectivity index is 1.71. The molecule has 0 fully saturated rings. The molecule has 1 unspecified atom stereocenters. The molecule has 4 aromatic rings. The number of hydrogen-bond acceptors (Lipinski definition) is 2. The smallest absolute Gasteiger partial charge is 0.270 e. The van der Waals surface area contributed by atoms with Crippen LogP contribution in [0.15, 0.2) is 53.5 Å². The fourth-order valence-corrected chi connectivity index (χ4v) is 3.39. The number of nitrogens with zero attached hydrogens (tertiary/aromatic N) is 1. The van der Waals surface area contributed by atoms with E-state index in [0.717, 1.165) is 23.1 Å². The van der Waals surface area contributed by atoms with Crippen molar-refractivity contribution in [1.82, 2.24) is 14.9 Å². The summed E-state index contributed by atoms with van der Waals surface area (Å²) in [7, 11) is 1.64. The topological polar surface area (TPSA) is 69.0 Å². The molecule has 2 aromatic carbocycles. The quantitative estimate of drug-likeness (QED) is 0.560. The van der Waals surface area contributed by atoms with Crippen LogP contribution in [0.5, 0.6) is 0 Å². The number of fused-ring (bicyclic) bond motifs is 2. The Kier molecular flexibility index (Phi) is 4.22. The molecule has 0 aliphatic heterocycles. The Morgan fingerprint density at radius 1 is 1.07 bits per heavy atom. The van der Waals surface area contributed by atoms with E-state index in [4.69, 9.17) is 0 Å². The number of carbonyl (C=O) groups excluding carboxylic acids is 1. The second kappa shape index (κ2) is 6.60. The predicted molar refractivity (Wildman–Crippen MR) is 103 cm³/mol. The van der Waals surface area contributed by atoms with Crippen molar-refractivity contribution in [3.8, 4) is 0 Å². The van der Waals surface area contributed by atoms with E-state index in [1.54, 1.807) is 25.4 Å². The van der Waals surface area contributed by atoms with Gasteiger partial charge in [-0.15, -0.1) is 0 Å². The van der Waals surface area contributed by atoms with Crippen LogP contribution in [0.3, 0.4) is 0 Å². The van der Waals surface area contributed by atoms with Crippen LogP contribution in [-0.4, -0.2) is 27.8 Å². The van der Waals surface area contributed by atoms with Gasteiger partial charge in [-0.05, 0) is 36.1 Å². The summed E-state index contributed by atoms with van der Waals surface area (Å²) in [6.45, 7) is 1.85. The Bertz CT molecular complexity index is 1240. The Hall–Kier alpha value is -3.48. The molecule has 0 spiro atoms. The van der Waals surface area contributed by atoms with Crippen molar-refractivity contribution in [2.24, 2.45) is 0 Å². The van der Waals surface area contributed by atoms with Crippen molar-refractivity contribution in [1.29, 1.82) is 0 Å². The molecule has 0 saturated heterocycles. The Morgan fingerprint density at radius 3 is 2.50 bits per heavy atom. The van der Waals surface area contributed by atoms with Gasteiger partial charge in [0, 0.05) is 35.6 Å². The normalized spacial score (nSPS) is 12.4. The van der Waals surface area contributed by atoms with Crippen LogP contribution in [0, 0.1) is 11.6 Å². The van der Waals surface area contributed by atoms with Crippen LogP contribution in [0.2, 0.25) is 0 Å². The van der Waals surface area contributed by atoms with Gasteiger partial charge in [0.2, 0.25) is 0 Å². The number of nitrogens with one attached hydrogen (secondary N) is 2. The predicted octanol–water partition coefficient (Wildman–Crippen LogP) is 4.12. The van der Waals surface area contributed by atoms with Gasteiger partial charge in [0.05, 0.1) is 6.04 Å². The molecule has 2 aromatic heterocycles. The molecule has 0 aliphatic rings. The molecular weight excluding hydrogens is 364 g/mol. The molecule has 2 N–H and O–H groups in total. The van der Waals surface area contributed by atoms with E-state index in [9.17, 15) is 18.4 Å². The molecule has 0 bridgehead atoms. The van der Waals surface area contributed by atoms with Crippen LogP contribution in [0.1, 0.15) is 29.0 Å². The zero-order valence-corrected chi connectivity index (χ0v) is 15.2. The summed E-state index contributed by atoms with van der Waals surface area (Å²) in [5.74, 6) is -2.28. The number of aromatic nitrogens is 2. The lowest BCUT2D eigenvalue weighted by atomic mass is 10.0. The van der Waals surface area contributed by atoms with Crippen LogP contribution in [0.4, 0.5) is 8.78 Å². The lowest BCUT2D eigenvalue weighted by Crippen LogP contribution is -2.30. The summed E-state index contributed by atoms with van der Waals surface area (Å²) in [6, 6.07) is 10.4. The maximum absolute atomic E-state index is 13.4. The third-order valence-corrected chi connectivity index (χ3v) is 5.08. The van der Waals surface area contributed by atoms with Crippen molar-refractivity contribution in [2.75, 3.05) is 7.05 Å². The maximum atomic E-state index is 13.4. The summed E-state index contributed by atoms with van der Waals surface area (Å²) in [5, 5.41) is 1.72. The highest BCUT2D eigenvalue weighted by molar-refractivity contribution is 5.98. The Labute approximate surface area is 158 Å². The van der Waals surface area contributed by atoms with Crippen LogP contribution in [0.25, 0.3) is 21.7 Å². The van der Waals surface area contributed by atoms with Gasteiger partial charge in [-0.2, -0.15) is 0 Å². The highest BCUT2D eigenvalue weighted by Gasteiger charge is 2.23. The molecule has 0 radical (unpaired) electrons. The third-order valence-electron chi connectivity index (χ3n) is 5.08. The van der Waals surface area contributed by atoms with Gasteiger partial charge in [0.1, 0.15) is 5.69 Å². The summed E-state index contributed by atoms with van der Waals surface area (Å²) in [5.41, 5.74) is 1.17. The highest BCUT2D eigenvalue weighted by Crippen LogP contribution is 2.27. The molecule has 0 saturated carbocycles. The average Bonchev–Trinajstić information content (AvgIpc) is 3.10. The zero-order chi connectivity index (χ0) is 20.0. The number of aromatic amines is 2. The van der Waals surface area contributed by atoms with E-state index < -0.39 is 11.6 Å². The van der Waals surface area contributed by atoms with Crippen molar-refractivity contribution in [2.45, 2.75) is 13.0 Å². The lowest BCUT2D eigenvalue weighted by Gasteiger charge is -2.25. The number of amides is 1. The Morgan fingerprint density at radius 2 is 1.75 bits per heavy atom. The van der Waals surface area contributed by atoms with Gasteiger partial charge in [-0.3, -0.25) is 9.59 Å². The maximum Gasteiger partial charge on any atom is 0.270 e. The van der Waals surface area contributed by atoms with E-state index in [0.29, 0.717) is 16.3 Å². The number of carbonyl (C=O) groups is 1. The van der Waals surface area contributed by atoms with Crippen molar-refractivity contribution >= 4 is 27.6 Å². The molecule has 28 heavy (non-hydrogen) atoms. The first kappa shape index (κ1) is 17.9. The van der Waals surface area contributed by atoms with Gasteiger partial charge < -0.3 is 14.9 Å². The molecule has 1 amide bonds. The average molecular weight is 381 g/mol. The number of hydrogen-bond donors (Lipinski definition) is 2. The van der Waals surface area contributed by atoms with Crippen LogP contribution in [-0.2, 0) is 0 Å². The largest absolute Gasteiger partial charge is 0.350 e. The highest BCUT2D eigenvalue weighted by atomic mass is 19.2. The zero-order valence-electron chi connectivity index (χ0n) is 15.2. The van der Waals surface area contributed by atoms with Crippen LogP contribution < -0.4 is 5.56 Å². The summed E-state index contributed by atoms with van der Waals surface area (Å²) in [6.07, 6.45) is 1.61. The lowest BCUT2D eigenvalue weighted by molar-refractivity contribution is 0.0738. The molecule has 1 atom stereocenters. The van der Waals surface area contributed by atoms with Crippen LogP contribution >= 0.6 is 0 Å². The number of rotatable bonds is 3. The van der Waals surface area contributed by atoms with E-state index in [1.807, 2.05) is 19.1 Å². The van der Waals surface area contributed by atoms with Crippen molar-refractivity contribution in [3.63, 3.8) is 0 Å². The summed E-state index contributed by atoms with van der Waals surface area (Å²) < 4.78 is 26.9. The first-order valence-corrected chi connectivity index (χ1v) is 8.72. The minimum absolute atomic E-state index is 0.194. The molecule has 5 nitrogen and oxygen atoms in total. The van der Waals surface area contributed by atoms with E-state index >= 15 is 0 Å². The molecule has 0 aliphatic carbocycles. The third kappa shape index (κ3) is 2.85. The molecule has 7 heteroatoms. The number of H-pyrrole nitrogens is 2. The fourth-order valence-electron chi connectivity index (χ4n) is 3.39. The fraction of sp³-hybridized carbons (Fsp3) is 0.143. The first-order chi connectivity index (χ1) is 13.4. The number of pyridine rings is 1. The molecule has 4 rings (SSSR count). The van der Waals surface area contributed by atoms with E-state index in [1.165, 1.54) is 11.0 Å². The van der Waals surface area contributed by atoms with E-state index in [2.05, 4.69) is 9.97 Å². The SMILES string of the molecule is CC(c1c[nH]c(=O)c2ccccc12)N(C)C(=O)c1cc2cc(F)c(F)cc2[nH]1. The van der Waals surface area contributed by atoms with Gasteiger partial charge in [0.15, 0.2) is 11.6 Å². The number of halogens is 2. The molecular formula is C21H17F2N3O2. The first-order valence-electron chi connectivity index (χ1n) is 8.72. The van der Waals surface area contributed by atoms with Gasteiger partial charge >= 0.3 is 0 Å². The van der Waals surface area contributed by atoms with Gasteiger partial charge in [0.25, 0.3) is 11.5 Å². The summed E-state index contributed by atoms with van der Waals surface area (Å²) in [4.78, 5) is 32.0. The molecule has 2 heterocycles. The minimum Gasteiger partial charge on any atom is -0.350 e. The van der Waals surface area contributed by atoms with Crippen molar-refractivity contribution < 1.29 is 13.6 Å². The monoisotopic (exact) mass is 381 g/mol. The standard InChI is InChI=1S/C21H17F2N3O2/c1-11(15-10-24-20(27)14-6-4-3-5-13(14)15)26(2)21(28)19-8-12-7-16(22)17(23)9-18(12)25-19/h3-11,25H,1-2H3,(H,24,27). The van der Waals surface area contributed by atoms with Crippen molar-refractivity contribution in [3.05, 3.63) is 81.9 Å².